The highest BCUT2D eigenvalue weighted by Crippen LogP contribution is 2.35. The van der Waals surface area contributed by atoms with Crippen LogP contribution >= 0.6 is 0 Å². The molecule has 0 aromatic heterocycles. The lowest BCUT2D eigenvalue weighted by atomic mass is 9.87. The van der Waals surface area contributed by atoms with E-state index in [-0.39, 0.29) is 17.9 Å². The first-order valence-corrected chi connectivity index (χ1v) is 10.8. The van der Waals surface area contributed by atoms with E-state index in [4.69, 9.17) is 9.47 Å². The molecule has 1 atom stereocenters. The minimum atomic E-state index is -0.110. The molecule has 0 unspecified atom stereocenters. The van der Waals surface area contributed by atoms with E-state index in [1.165, 1.54) is 5.56 Å². The van der Waals surface area contributed by atoms with Crippen molar-refractivity contribution < 1.29 is 14.3 Å². The Kier molecular flexibility index (Phi) is 8.11. The molecule has 4 heteroatoms. The molecule has 3 rings (SSSR count). The third-order valence-corrected chi connectivity index (χ3v) is 5.14. The molecule has 0 radical (unpaired) electrons. The number of para-hydroxylation sites is 1. The first kappa shape index (κ1) is 22.4. The van der Waals surface area contributed by atoms with Crippen molar-refractivity contribution in [1.82, 2.24) is 5.32 Å². The number of methoxy groups -OCH3 is 1. The molecular formula is C27H31NO3. The second-order valence-corrected chi connectivity index (χ2v) is 7.82. The predicted molar refractivity (Wildman–Crippen MR) is 125 cm³/mol. The van der Waals surface area contributed by atoms with Crippen LogP contribution in [0, 0.1) is 0 Å². The summed E-state index contributed by atoms with van der Waals surface area (Å²) in [5, 5.41) is 3.07. The molecule has 0 saturated carbocycles. The smallest absolute Gasteiger partial charge is 0.220 e. The maximum absolute atomic E-state index is 12.8. The van der Waals surface area contributed by atoms with Crippen molar-refractivity contribution in [2.24, 2.45) is 0 Å². The first-order valence-electron chi connectivity index (χ1n) is 10.8. The molecule has 0 bridgehead atoms. The average molecular weight is 418 g/mol. The van der Waals surface area contributed by atoms with E-state index in [9.17, 15) is 4.79 Å². The third-order valence-electron chi connectivity index (χ3n) is 5.14. The Hall–Kier alpha value is -3.27. The summed E-state index contributed by atoms with van der Waals surface area (Å²) in [7, 11) is 1.66. The number of carbonyl (C=O) groups is 1. The minimum absolute atomic E-state index is 0.0225. The summed E-state index contributed by atoms with van der Waals surface area (Å²) >= 11 is 0. The van der Waals surface area contributed by atoms with Crippen LogP contribution in [0.1, 0.15) is 42.9 Å². The Bertz CT molecular complexity index is 952. The molecular weight excluding hydrogens is 386 g/mol. The van der Waals surface area contributed by atoms with Crippen LogP contribution in [-0.4, -0.2) is 25.7 Å². The van der Waals surface area contributed by atoms with Crippen molar-refractivity contribution in [1.29, 1.82) is 0 Å². The van der Waals surface area contributed by atoms with E-state index >= 15 is 0 Å². The van der Waals surface area contributed by atoms with Gasteiger partial charge in [0.15, 0.2) is 0 Å². The Balaban J connectivity index is 1.75. The summed E-state index contributed by atoms with van der Waals surface area (Å²) in [5.41, 5.74) is 3.27. The van der Waals surface area contributed by atoms with Gasteiger partial charge < -0.3 is 14.8 Å². The fourth-order valence-electron chi connectivity index (χ4n) is 3.66. The summed E-state index contributed by atoms with van der Waals surface area (Å²) in [5.74, 6) is 1.52. The highest BCUT2D eigenvalue weighted by molar-refractivity contribution is 5.77. The lowest BCUT2D eigenvalue weighted by Crippen LogP contribution is -2.27. The van der Waals surface area contributed by atoms with E-state index in [2.05, 4.69) is 17.4 Å². The lowest BCUT2D eigenvalue weighted by Gasteiger charge is -2.21. The fraction of sp³-hybridized carbons (Fsp3) is 0.296. The number of benzene rings is 3. The monoisotopic (exact) mass is 417 g/mol. The molecule has 0 saturated heterocycles. The van der Waals surface area contributed by atoms with Gasteiger partial charge in [-0.3, -0.25) is 4.79 Å². The molecule has 0 aliphatic carbocycles. The molecule has 0 fully saturated rings. The van der Waals surface area contributed by atoms with Gasteiger partial charge in [-0.15, -0.1) is 0 Å². The number of carbonyl (C=O) groups excluding carboxylic acids is 1. The Morgan fingerprint density at radius 1 is 0.903 bits per heavy atom. The van der Waals surface area contributed by atoms with Gasteiger partial charge in [0, 0.05) is 24.4 Å². The van der Waals surface area contributed by atoms with Crippen molar-refractivity contribution in [3.63, 3.8) is 0 Å². The average Bonchev–Trinajstić information content (AvgIpc) is 2.78. The highest BCUT2D eigenvalue weighted by atomic mass is 16.5. The van der Waals surface area contributed by atoms with E-state index in [1.54, 1.807) is 7.11 Å². The fourth-order valence-corrected chi connectivity index (χ4v) is 3.66. The van der Waals surface area contributed by atoms with E-state index in [0.29, 0.717) is 13.0 Å². The molecule has 3 aromatic carbocycles. The number of hydrogen-bond donors (Lipinski definition) is 1. The van der Waals surface area contributed by atoms with Gasteiger partial charge in [0.2, 0.25) is 5.91 Å². The largest absolute Gasteiger partial charge is 0.496 e. The zero-order chi connectivity index (χ0) is 22.1. The quantitative estimate of drug-likeness (QED) is 0.483. The maximum Gasteiger partial charge on any atom is 0.220 e. The summed E-state index contributed by atoms with van der Waals surface area (Å²) in [6.45, 7) is 4.62. The molecule has 162 valence electrons. The SMILES string of the molecule is COc1ccccc1[C@@H](CC(=O)NCCc1ccccc1)c1ccc(OC(C)C)cc1. The summed E-state index contributed by atoms with van der Waals surface area (Å²) in [6.07, 6.45) is 1.28. The Morgan fingerprint density at radius 2 is 1.58 bits per heavy atom. The molecule has 1 N–H and O–H groups in total. The van der Waals surface area contributed by atoms with Crippen LogP contribution in [0.4, 0.5) is 0 Å². The molecule has 0 heterocycles. The van der Waals surface area contributed by atoms with Crippen molar-refractivity contribution in [2.45, 2.75) is 38.7 Å². The van der Waals surface area contributed by atoms with E-state index in [1.807, 2.05) is 80.6 Å². The number of amides is 1. The third kappa shape index (κ3) is 6.61. The first-order chi connectivity index (χ1) is 15.1. The van der Waals surface area contributed by atoms with Gasteiger partial charge in [0.1, 0.15) is 11.5 Å². The lowest BCUT2D eigenvalue weighted by molar-refractivity contribution is -0.121. The van der Waals surface area contributed by atoms with Crippen LogP contribution in [0.15, 0.2) is 78.9 Å². The van der Waals surface area contributed by atoms with E-state index < -0.39 is 0 Å². The van der Waals surface area contributed by atoms with E-state index in [0.717, 1.165) is 29.0 Å². The van der Waals surface area contributed by atoms with Gasteiger partial charge in [-0.2, -0.15) is 0 Å². The zero-order valence-electron chi connectivity index (χ0n) is 18.5. The standard InChI is InChI=1S/C27H31NO3/c1-20(2)31-23-15-13-22(14-16-23)25(24-11-7-8-12-26(24)30-3)19-27(29)28-18-17-21-9-5-4-6-10-21/h4-16,20,25H,17-19H2,1-3H3,(H,28,29)/t25-/m0/s1. The van der Waals surface area contributed by atoms with Crippen LogP contribution < -0.4 is 14.8 Å². The molecule has 0 aliphatic heterocycles. The van der Waals surface area contributed by atoms with Gasteiger partial charge in [0.25, 0.3) is 0 Å². The van der Waals surface area contributed by atoms with Gasteiger partial charge >= 0.3 is 0 Å². The van der Waals surface area contributed by atoms with Crippen molar-refractivity contribution >= 4 is 5.91 Å². The van der Waals surface area contributed by atoms with Gasteiger partial charge in [-0.25, -0.2) is 0 Å². The molecule has 0 spiro atoms. The molecule has 31 heavy (non-hydrogen) atoms. The van der Waals surface area contributed by atoms with Crippen LogP contribution in [0.2, 0.25) is 0 Å². The summed E-state index contributed by atoms with van der Waals surface area (Å²) in [4.78, 5) is 12.8. The topological polar surface area (TPSA) is 47.6 Å². The normalized spacial score (nSPS) is 11.7. The molecule has 1 amide bonds. The number of rotatable bonds is 10. The Morgan fingerprint density at radius 3 is 2.26 bits per heavy atom. The van der Waals surface area contributed by atoms with Crippen molar-refractivity contribution in [3.8, 4) is 11.5 Å². The predicted octanol–water partition coefficient (Wildman–Crippen LogP) is 5.36. The van der Waals surface area contributed by atoms with Crippen LogP contribution in [0.5, 0.6) is 11.5 Å². The molecule has 4 nitrogen and oxygen atoms in total. The van der Waals surface area contributed by atoms with Crippen molar-refractivity contribution in [3.05, 3.63) is 95.6 Å². The second kappa shape index (κ2) is 11.2. The number of hydrogen-bond acceptors (Lipinski definition) is 3. The van der Waals surface area contributed by atoms with Gasteiger partial charge in [-0.1, -0.05) is 60.7 Å². The van der Waals surface area contributed by atoms with Crippen LogP contribution in [0.25, 0.3) is 0 Å². The van der Waals surface area contributed by atoms with Crippen LogP contribution in [0.3, 0.4) is 0 Å². The zero-order valence-corrected chi connectivity index (χ0v) is 18.5. The number of ether oxygens (including phenoxy) is 2. The number of nitrogens with one attached hydrogen (secondary N) is 1. The minimum Gasteiger partial charge on any atom is -0.496 e. The van der Waals surface area contributed by atoms with Gasteiger partial charge in [-0.05, 0) is 49.6 Å². The molecule has 3 aromatic rings. The highest BCUT2D eigenvalue weighted by Gasteiger charge is 2.21. The summed E-state index contributed by atoms with van der Waals surface area (Å²) < 4.78 is 11.4. The second-order valence-electron chi connectivity index (χ2n) is 7.82. The van der Waals surface area contributed by atoms with Crippen molar-refractivity contribution in [2.75, 3.05) is 13.7 Å². The van der Waals surface area contributed by atoms with Crippen LogP contribution in [-0.2, 0) is 11.2 Å². The maximum atomic E-state index is 12.8. The summed E-state index contributed by atoms with van der Waals surface area (Å²) in [6, 6.07) is 26.1. The molecule has 0 aliphatic rings. The Labute approximate surface area is 185 Å². The van der Waals surface area contributed by atoms with Gasteiger partial charge in [0.05, 0.1) is 13.2 Å².